The number of aromatic nitrogens is 3. The Bertz CT molecular complexity index is 615. The van der Waals surface area contributed by atoms with Crippen molar-refractivity contribution in [3.8, 4) is 0 Å². The van der Waals surface area contributed by atoms with Gasteiger partial charge in [-0.05, 0) is 49.8 Å². The summed E-state index contributed by atoms with van der Waals surface area (Å²) < 4.78 is 1.91. The summed E-state index contributed by atoms with van der Waals surface area (Å²) in [7, 11) is 0. The lowest BCUT2D eigenvalue weighted by molar-refractivity contribution is -0.133. The molecule has 0 unspecified atom stereocenters. The number of amides is 1. The van der Waals surface area contributed by atoms with Crippen LogP contribution in [0.3, 0.4) is 0 Å². The van der Waals surface area contributed by atoms with Crippen molar-refractivity contribution < 1.29 is 4.79 Å². The zero-order valence-electron chi connectivity index (χ0n) is 13.0. The average molecular weight is 298 g/mol. The van der Waals surface area contributed by atoms with E-state index in [0.29, 0.717) is 12.5 Å². The van der Waals surface area contributed by atoms with Gasteiger partial charge in [0.1, 0.15) is 12.4 Å². The molecule has 5 heteroatoms. The van der Waals surface area contributed by atoms with Crippen molar-refractivity contribution in [2.45, 2.75) is 32.7 Å². The quantitative estimate of drug-likeness (QED) is 0.868. The van der Waals surface area contributed by atoms with Crippen molar-refractivity contribution >= 4 is 5.91 Å². The van der Waals surface area contributed by atoms with E-state index in [1.54, 1.807) is 6.20 Å². The van der Waals surface area contributed by atoms with Crippen molar-refractivity contribution in [2.75, 3.05) is 13.1 Å². The van der Waals surface area contributed by atoms with Crippen LogP contribution in [0.4, 0.5) is 0 Å². The van der Waals surface area contributed by atoms with Gasteiger partial charge in [0.05, 0.1) is 0 Å². The average Bonchev–Trinajstić information content (AvgIpc) is 2.94. The van der Waals surface area contributed by atoms with Crippen LogP contribution >= 0.6 is 0 Å². The number of aryl methyl sites for hydroxylation is 1. The van der Waals surface area contributed by atoms with Gasteiger partial charge in [0.25, 0.3) is 0 Å². The second kappa shape index (κ2) is 6.73. The topological polar surface area (TPSA) is 51.0 Å². The molecule has 3 rings (SSSR count). The SMILES string of the molecule is Cc1nccn1CC(=O)N1CCC(Cc2ccncc2)CC1. The summed E-state index contributed by atoms with van der Waals surface area (Å²) in [5.41, 5.74) is 1.34. The molecule has 1 aliphatic rings. The number of imidazole rings is 1. The number of carbonyl (C=O) groups excluding carboxylic acids is 1. The Morgan fingerprint density at radius 3 is 2.59 bits per heavy atom. The summed E-state index contributed by atoms with van der Waals surface area (Å²) in [6, 6.07) is 4.17. The molecule has 0 N–H and O–H groups in total. The smallest absolute Gasteiger partial charge is 0.242 e. The summed E-state index contributed by atoms with van der Waals surface area (Å²) in [4.78, 5) is 22.6. The van der Waals surface area contributed by atoms with Crippen molar-refractivity contribution in [1.82, 2.24) is 19.4 Å². The molecule has 116 valence electrons. The van der Waals surface area contributed by atoms with Gasteiger partial charge in [0.15, 0.2) is 0 Å². The first kappa shape index (κ1) is 14.8. The number of nitrogens with zero attached hydrogens (tertiary/aromatic N) is 4. The summed E-state index contributed by atoms with van der Waals surface area (Å²) in [6.45, 7) is 4.06. The summed E-state index contributed by atoms with van der Waals surface area (Å²) >= 11 is 0. The Labute approximate surface area is 131 Å². The Morgan fingerprint density at radius 1 is 1.23 bits per heavy atom. The lowest BCUT2D eigenvalue weighted by atomic mass is 9.90. The van der Waals surface area contributed by atoms with Gasteiger partial charge >= 0.3 is 0 Å². The maximum absolute atomic E-state index is 12.4. The molecule has 2 aromatic heterocycles. The van der Waals surface area contributed by atoms with Crippen molar-refractivity contribution in [3.63, 3.8) is 0 Å². The molecular weight excluding hydrogens is 276 g/mol. The van der Waals surface area contributed by atoms with Gasteiger partial charge in [-0.3, -0.25) is 9.78 Å². The zero-order chi connectivity index (χ0) is 15.4. The van der Waals surface area contributed by atoms with Gasteiger partial charge in [-0.25, -0.2) is 4.98 Å². The molecule has 22 heavy (non-hydrogen) atoms. The van der Waals surface area contributed by atoms with Crippen LogP contribution < -0.4 is 0 Å². The third kappa shape index (κ3) is 3.53. The molecule has 0 saturated carbocycles. The van der Waals surface area contributed by atoms with Gasteiger partial charge in [0.2, 0.25) is 5.91 Å². The highest BCUT2D eigenvalue weighted by Crippen LogP contribution is 2.21. The monoisotopic (exact) mass is 298 g/mol. The third-order valence-electron chi connectivity index (χ3n) is 4.47. The van der Waals surface area contributed by atoms with Crippen LogP contribution in [0.15, 0.2) is 36.9 Å². The molecule has 1 saturated heterocycles. The predicted octanol–water partition coefficient (Wildman–Crippen LogP) is 2.07. The lowest BCUT2D eigenvalue weighted by Gasteiger charge is -2.32. The molecule has 1 aliphatic heterocycles. The van der Waals surface area contributed by atoms with Gasteiger partial charge in [-0.15, -0.1) is 0 Å². The number of piperidine rings is 1. The van der Waals surface area contributed by atoms with Gasteiger partial charge in [-0.2, -0.15) is 0 Å². The first-order valence-electron chi connectivity index (χ1n) is 7.87. The van der Waals surface area contributed by atoms with E-state index in [0.717, 1.165) is 38.2 Å². The molecule has 0 radical (unpaired) electrons. The third-order valence-corrected chi connectivity index (χ3v) is 4.47. The fourth-order valence-electron chi connectivity index (χ4n) is 3.06. The second-order valence-corrected chi connectivity index (χ2v) is 5.99. The lowest BCUT2D eigenvalue weighted by Crippen LogP contribution is -2.40. The van der Waals surface area contributed by atoms with Crippen molar-refractivity contribution in [2.24, 2.45) is 5.92 Å². The normalized spacial score (nSPS) is 16.0. The highest BCUT2D eigenvalue weighted by atomic mass is 16.2. The molecule has 1 fully saturated rings. The largest absolute Gasteiger partial charge is 0.341 e. The van der Waals surface area contributed by atoms with Gasteiger partial charge < -0.3 is 9.47 Å². The van der Waals surface area contributed by atoms with Crippen molar-refractivity contribution in [3.05, 3.63) is 48.3 Å². The van der Waals surface area contributed by atoms with E-state index in [2.05, 4.69) is 22.1 Å². The summed E-state index contributed by atoms with van der Waals surface area (Å²) in [5.74, 6) is 1.76. The van der Waals surface area contributed by atoms with Gasteiger partial charge in [0, 0.05) is 37.9 Å². The standard InChI is InChI=1S/C17H22N4O/c1-14-19-8-11-21(14)13-17(22)20-9-4-16(5-10-20)12-15-2-6-18-7-3-15/h2-3,6-8,11,16H,4-5,9-10,12-13H2,1H3. The van der Waals surface area contributed by atoms with Crippen LogP contribution in [-0.2, 0) is 17.8 Å². The molecule has 0 spiro atoms. The van der Waals surface area contributed by atoms with E-state index < -0.39 is 0 Å². The van der Waals surface area contributed by atoms with Crippen molar-refractivity contribution in [1.29, 1.82) is 0 Å². The van der Waals surface area contributed by atoms with Crippen LogP contribution in [0.5, 0.6) is 0 Å². The van der Waals surface area contributed by atoms with E-state index in [1.165, 1.54) is 5.56 Å². The maximum Gasteiger partial charge on any atom is 0.242 e. The Hall–Kier alpha value is -2.17. The Kier molecular flexibility index (Phi) is 4.51. The summed E-state index contributed by atoms with van der Waals surface area (Å²) in [5, 5.41) is 0. The van der Waals surface area contributed by atoms with E-state index >= 15 is 0 Å². The molecular formula is C17H22N4O. The number of likely N-dealkylation sites (tertiary alicyclic amines) is 1. The molecule has 1 amide bonds. The van der Waals surface area contributed by atoms with Crippen LogP contribution in [-0.4, -0.2) is 38.4 Å². The minimum Gasteiger partial charge on any atom is -0.341 e. The van der Waals surface area contributed by atoms with Crippen LogP contribution in [0.25, 0.3) is 0 Å². The van der Waals surface area contributed by atoms with E-state index in [1.807, 2.05) is 35.0 Å². The highest BCUT2D eigenvalue weighted by molar-refractivity contribution is 5.76. The number of rotatable bonds is 4. The fraction of sp³-hybridized carbons (Fsp3) is 0.471. The predicted molar refractivity (Wildman–Crippen MR) is 84.2 cm³/mol. The number of hydrogen-bond acceptors (Lipinski definition) is 3. The fourth-order valence-corrected chi connectivity index (χ4v) is 3.06. The molecule has 3 heterocycles. The number of pyridine rings is 1. The van der Waals surface area contributed by atoms with Gasteiger partial charge in [-0.1, -0.05) is 0 Å². The highest BCUT2D eigenvalue weighted by Gasteiger charge is 2.23. The summed E-state index contributed by atoms with van der Waals surface area (Å²) in [6.07, 6.45) is 10.6. The molecule has 0 bridgehead atoms. The second-order valence-electron chi connectivity index (χ2n) is 5.99. The van der Waals surface area contributed by atoms with Crippen LogP contribution in [0.1, 0.15) is 24.2 Å². The number of carbonyl (C=O) groups is 1. The molecule has 0 aromatic carbocycles. The Balaban J connectivity index is 1.49. The van der Waals surface area contributed by atoms with E-state index in [4.69, 9.17) is 0 Å². The van der Waals surface area contributed by atoms with E-state index in [-0.39, 0.29) is 5.91 Å². The molecule has 5 nitrogen and oxygen atoms in total. The Morgan fingerprint density at radius 2 is 1.95 bits per heavy atom. The zero-order valence-corrected chi connectivity index (χ0v) is 13.0. The molecule has 2 aromatic rings. The van der Waals surface area contributed by atoms with Crippen LogP contribution in [0.2, 0.25) is 0 Å². The number of hydrogen-bond donors (Lipinski definition) is 0. The maximum atomic E-state index is 12.4. The molecule has 0 atom stereocenters. The first-order valence-corrected chi connectivity index (χ1v) is 7.87. The minimum atomic E-state index is 0.198. The molecule has 0 aliphatic carbocycles. The van der Waals surface area contributed by atoms with Crippen LogP contribution in [0, 0.1) is 12.8 Å². The minimum absolute atomic E-state index is 0.198. The first-order chi connectivity index (χ1) is 10.7. The van der Waals surface area contributed by atoms with E-state index in [9.17, 15) is 4.79 Å².